The van der Waals surface area contributed by atoms with Crippen molar-refractivity contribution in [2.75, 3.05) is 30.8 Å². The molecule has 7 heteroatoms. The summed E-state index contributed by atoms with van der Waals surface area (Å²) in [4.78, 5) is 12.8. The van der Waals surface area contributed by atoms with Crippen LogP contribution in [-0.2, 0) is 14.8 Å². The van der Waals surface area contributed by atoms with Crippen LogP contribution in [0.25, 0.3) is 0 Å². The zero-order valence-electron chi connectivity index (χ0n) is 16.5. The first kappa shape index (κ1) is 20.1. The average Bonchev–Trinajstić information content (AvgIpc) is 3.25. The Morgan fingerprint density at radius 2 is 1.89 bits per heavy atom. The van der Waals surface area contributed by atoms with E-state index in [0.717, 1.165) is 18.0 Å². The maximum absolute atomic E-state index is 12.8. The van der Waals surface area contributed by atoms with Crippen LogP contribution in [0.3, 0.4) is 0 Å². The number of rotatable bonds is 8. The molecule has 0 aromatic heterocycles. The third-order valence-electron chi connectivity index (χ3n) is 6.21. The molecule has 1 aromatic rings. The topological polar surface area (TPSA) is 78.5 Å². The zero-order chi connectivity index (χ0) is 19.6. The van der Waals surface area contributed by atoms with E-state index in [-0.39, 0.29) is 10.8 Å². The molecular weight excluding hydrogens is 362 g/mol. The fourth-order valence-corrected chi connectivity index (χ4v) is 6.27. The van der Waals surface area contributed by atoms with Gasteiger partial charge in [-0.15, -0.1) is 0 Å². The Morgan fingerprint density at radius 1 is 1.15 bits per heavy atom. The molecule has 2 aliphatic rings. The Bertz CT molecular complexity index is 790. The number of nitrogens with zero attached hydrogens (tertiary/aromatic N) is 1. The number of sulfonamides is 1. The van der Waals surface area contributed by atoms with Gasteiger partial charge in [0.2, 0.25) is 15.9 Å². The summed E-state index contributed by atoms with van der Waals surface area (Å²) in [6.07, 6.45) is 5.53. The third kappa shape index (κ3) is 4.14. The molecule has 2 saturated carbocycles. The van der Waals surface area contributed by atoms with Crippen molar-refractivity contribution in [1.29, 1.82) is 0 Å². The summed E-state index contributed by atoms with van der Waals surface area (Å²) in [6.45, 7) is 4.47. The van der Waals surface area contributed by atoms with Crippen molar-refractivity contribution in [2.45, 2.75) is 50.8 Å². The first-order chi connectivity index (χ1) is 12.9. The summed E-state index contributed by atoms with van der Waals surface area (Å²) in [6, 6.07) is 4.87. The molecule has 0 radical (unpaired) electrons. The summed E-state index contributed by atoms with van der Waals surface area (Å²) in [5.74, 6) is 1.95. The number of amides is 1. The summed E-state index contributed by atoms with van der Waals surface area (Å²) < 4.78 is 27.0. The van der Waals surface area contributed by atoms with Crippen LogP contribution in [0.5, 0.6) is 0 Å². The third-order valence-corrected chi connectivity index (χ3v) is 8.26. The minimum absolute atomic E-state index is 0.0264. The second kappa shape index (κ2) is 8.19. The molecule has 0 spiro atoms. The molecule has 3 rings (SSSR count). The molecule has 2 N–H and O–H groups in total. The van der Waals surface area contributed by atoms with Gasteiger partial charge in [0.1, 0.15) is 0 Å². The number of hydrogen-bond donors (Lipinski definition) is 2. The summed E-state index contributed by atoms with van der Waals surface area (Å²) in [5.41, 5.74) is 1.24. The van der Waals surface area contributed by atoms with Crippen LogP contribution in [0.1, 0.15) is 46.0 Å². The molecule has 1 amide bonds. The number of fused-ring (bicyclic) bond motifs is 2. The predicted octanol–water partition coefficient (Wildman–Crippen LogP) is 3.52. The van der Waals surface area contributed by atoms with Crippen molar-refractivity contribution in [2.24, 2.45) is 17.8 Å². The van der Waals surface area contributed by atoms with Crippen LogP contribution >= 0.6 is 0 Å². The first-order valence-electron chi connectivity index (χ1n) is 10.0. The van der Waals surface area contributed by atoms with Crippen molar-refractivity contribution in [3.8, 4) is 0 Å². The second-order valence-electron chi connectivity index (χ2n) is 7.73. The molecule has 2 bridgehead atoms. The maximum Gasteiger partial charge on any atom is 0.243 e. The van der Waals surface area contributed by atoms with Gasteiger partial charge in [-0.25, -0.2) is 8.42 Å². The predicted molar refractivity (Wildman–Crippen MR) is 108 cm³/mol. The van der Waals surface area contributed by atoms with Gasteiger partial charge in [0.05, 0.1) is 16.3 Å². The Morgan fingerprint density at radius 3 is 2.44 bits per heavy atom. The number of anilines is 2. The van der Waals surface area contributed by atoms with Gasteiger partial charge >= 0.3 is 0 Å². The van der Waals surface area contributed by atoms with E-state index in [1.165, 1.54) is 23.6 Å². The molecule has 27 heavy (non-hydrogen) atoms. The fourth-order valence-electron chi connectivity index (χ4n) is 4.78. The van der Waals surface area contributed by atoms with E-state index in [1.807, 2.05) is 13.8 Å². The minimum atomic E-state index is -3.56. The number of hydrogen-bond acceptors (Lipinski definition) is 4. The van der Waals surface area contributed by atoms with Crippen LogP contribution in [0.15, 0.2) is 23.1 Å². The normalized spacial score (nSPS) is 24.4. The van der Waals surface area contributed by atoms with E-state index in [4.69, 9.17) is 0 Å². The molecule has 150 valence electrons. The highest BCUT2D eigenvalue weighted by atomic mass is 32.2. The standard InChI is InChI=1S/C20H31N3O3S/c1-4-23(5-2)27(25,26)17-8-9-18(21-3)19(13-17)22-20(24)12-16-11-14-6-7-15(16)10-14/h8-9,13-16,21H,4-7,10-12H2,1-3H3,(H,22,24)/t14-,15+,16+/m0/s1. The smallest absolute Gasteiger partial charge is 0.243 e. The van der Waals surface area contributed by atoms with Crippen LogP contribution in [0.2, 0.25) is 0 Å². The van der Waals surface area contributed by atoms with Gasteiger partial charge in [-0.05, 0) is 55.2 Å². The Labute approximate surface area is 162 Å². The van der Waals surface area contributed by atoms with Crippen molar-refractivity contribution in [3.63, 3.8) is 0 Å². The lowest BCUT2D eigenvalue weighted by Crippen LogP contribution is -2.30. The number of carbonyl (C=O) groups excluding carboxylic acids is 1. The van der Waals surface area contributed by atoms with E-state index in [9.17, 15) is 13.2 Å². The quantitative estimate of drug-likeness (QED) is 0.708. The van der Waals surface area contributed by atoms with Crippen LogP contribution in [0, 0.1) is 17.8 Å². The van der Waals surface area contributed by atoms with Gasteiger partial charge in [-0.1, -0.05) is 20.3 Å². The molecule has 6 nitrogen and oxygen atoms in total. The van der Waals surface area contributed by atoms with Crippen molar-refractivity contribution in [1.82, 2.24) is 4.31 Å². The lowest BCUT2D eigenvalue weighted by molar-refractivity contribution is -0.117. The fraction of sp³-hybridized carbons (Fsp3) is 0.650. The number of carbonyl (C=O) groups is 1. The van der Waals surface area contributed by atoms with E-state index in [0.29, 0.717) is 37.0 Å². The summed E-state index contributed by atoms with van der Waals surface area (Å²) >= 11 is 0. The van der Waals surface area contributed by atoms with Crippen LogP contribution in [-0.4, -0.2) is 38.8 Å². The molecule has 2 aliphatic carbocycles. The number of benzene rings is 1. The Kier molecular flexibility index (Phi) is 6.11. The molecule has 3 atom stereocenters. The lowest BCUT2D eigenvalue weighted by atomic mass is 9.86. The van der Waals surface area contributed by atoms with E-state index in [1.54, 1.807) is 25.2 Å². The van der Waals surface area contributed by atoms with Crippen molar-refractivity contribution < 1.29 is 13.2 Å². The molecule has 2 fully saturated rings. The lowest BCUT2D eigenvalue weighted by Gasteiger charge is -2.22. The largest absolute Gasteiger partial charge is 0.386 e. The van der Waals surface area contributed by atoms with Gasteiger partial charge < -0.3 is 10.6 Å². The van der Waals surface area contributed by atoms with E-state index < -0.39 is 10.0 Å². The molecule has 0 unspecified atom stereocenters. The van der Waals surface area contributed by atoms with Crippen LogP contribution in [0.4, 0.5) is 11.4 Å². The highest BCUT2D eigenvalue weighted by Crippen LogP contribution is 2.49. The van der Waals surface area contributed by atoms with Gasteiger partial charge in [0.25, 0.3) is 0 Å². The van der Waals surface area contributed by atoms with Gasteiger partial charge in [0, 0.05) is 26.6 Å². The minimum Gasteiger partial charge on any atom is -0.386 e. The Balaban J connectivity index is 1.76. The monoisotopic (exact) mass is 393 g/mol. The SMILES string of the molecule is CCN(CC)S(=O)(=O)c1ccc(NC)c(NC(=O)C[C@H]2C[C@H]3CC[C@@H]2C3)c1. The van der Waals surface area contributed by atoms with Gasteiger partial charge in [-0.2, -0.15) is 4.31 Å². The molecule has 0 saturated heterocycles. The summed E-state index contributed by atoms with van der Waals surface area (Å²) in [7, 11) is -1.80. The van der Waals surface area contributed by atoms with Crippen molar-refractivity contribution >= 4 is 27.3 Å². The molecule has 1 aromatic carbocycles. The second-order valence-corrected chi connectivity index (χ2v) is 9.67. The van der Waals surface area contributed by atoms with Crippen LogP contribution < -0.4 is 10.6 Å². The molecular formula is C20H31N3O3S. The van der Waals surface area contributed by atoms with Gasteiger partial charge in [-0.3, -0.25) is 4.79 Å². The molecule has 0 aliphatic heterocycles. The zero-order valence-corrected chi connectivity index (χ0v) is 17.3. The van der Waals surface area contributed by atoms with Crippen molar-refractivity contribution in [3.05, 3.63) is 18.2 Å². The average molecular weight is 394 g/mol. The first-order valence-corrected chi connectivity index (χ1v) is 11.4. The van der Waals surface area contributed by atoms with Gasteiger partial charge in [0.15, 0.2) is 0 Å². The van der Waals surface area contributed by atoms with E-state index >= 15 is 0 Å². The number of nitrogens with one attached hydrogen (secondary N) is 2. The maximum atomic E-state index is 12.8. The highest BCUT2D eigenvalue weighted by Gasteiger charge is 2.40. The molecule has 0 heterocycles. The summed E-state index contributed by atoms with van der Waals surface area (Å²) in [5, 5.41) is 5.99. The highest BCUT2D eigenvalue weighted by molar-refractivity contribution is 7.89. The Hall–Kier alpha value is -1.60. The van der Waals surface area contributed by atoms with E-state index in [2.05, 4.69) is 10.6 Å².